The van der Waals surface area contributed by atoms with Gasteiger partial charge in [-0.1, -0.05) is 17.3 Å². The third-order valence-corrected chi connectivity index (χ3v) is 5.04. The summed E-state index contributed by atoms with van der Waals surface area (Å²) in [6.07, 6.45) is 3.81. The van der Waals surface area contributed by atoms with Crippen LogP contribution in [0.25, 0.3) is 0 Å². The van der Waals surface area contributed by atoms with Crippen molar-refractivity contribution >= 4 is 11.9 Å². The first-order valence-electron chi connectivity index (χ1n) is 8.35. The zero-order valence-electron chi connectivity index (χ0n) is 13.8. The van der Waals surface area contributed by atoms with E-state index in [2.05, 4.69) is 10.5 Å². The molecule has 2 aromatic rings. The second-order valence-electron chi connectivity index (χ2n) is 6.69. The topological polar surface area (TPSA) is 75.4 Å². The molecule has 130 valence electrons. The normalized spacial score (nSPS) is 22.9. The third-order valence-electron chi connectivity index (χ3n) is 5.04. The zero-order valence-corrected chi connectivity index (χ0v) is 13.8. The standard InChI is InChI=1S/C18H18FN3O3/c1-18(11-6-8-12(19)9-7-11)16(23)22(17(24)20-18)10-14-13-4-2-3-5-15(13)25-21-14/h6-9H,2-5,10H2,1H3,(H,20,24)/t18-/m0/s1. The Labute approximate surface area is 144 Å². The van der Waals surface area contributed by atoms with Crippen LogP contribution in [0.2, 0.25) is 0 Å². The van der Waals surface area contributed by atoms with Crippen LogP contribution in [0.15, 0.2) is 28.8 Å². The number of nitrogens with one attached hydrogen (secondary N) is 1. The Bertz CT molecular complexity index is 846. The summed E-state index contributed by atoms with van der Waals surface area (Å²) in [7, 11) is 0. The molecular formula is C18H18FN3O3. The van der Waals surface area contributed by atoms with Crippen LogP contribution >= 0.6 is 0 Å². The summed E-state index contributed by atoms with van der Waals surface area (Å²) in [6, 6.07) is 5.08. The van der Waals surface area contributed by atoms with Crippen LogP contribution in [0, 0.1) is 5.82 Å². The lowest BCUT2D eigenvalue weighted by molar-refractivity contribution is -0.131. The highest BCUT2D eigenvalue weighted by Crippen LogP contribution is 2.31. The lowest BCUT2D eigenvalue weighted by Gasteiger charge is -2.22. The smallest absolute Gasteiger partial charge is 0.325 e. The zero-order chi connectivity index (χ0) is 17.6. The van der Waals surface area contributed by atoms with Crippen LogP contribution < -0.4 is 5.32 Å². The molecule has 0 unspecified atom stereocenters. The second kappa shape index (κ2) is 5.68. The van der Waals surface area contributed by atoms with Crippen molar-refractivity contribution in [1.29, 1.82) is 0 Å². The molecule has 1 N–H and O–H groups in total. The molecule has 1 atom stereocenters. The molecule has 1 saturated heterocycles. The van der Waals surface area contributed by atoms with Crippen molar-refractivity contribution in [2.45, 2.75) is 44.7 Å². The van der Waals surface area contributed by atoms with Gasteiger partial charge in [-0.05, 0) is 43.9 Å². The molecular weight excluding hydrogens is 325 g/mol. The van der Waals surface area contributed by atoms with E-state index in [-0.39, 0.29) is 12.5 Å². The molecule has 1 fully saturated rings. The average molecular weight is 343 g/mol. The number of urea groups is 1. The lowest BCUT2D eigenvalue weighted by Crippen LogP contribution is -2.40. The van der Waals surface area contributed by atoms with Gasteiger partial charge in [0.1, 0.15) is 22.8 Å². The van der Waals surface area contributed by atoms with Crippen molar-refractivity contribution in [3.8, 4) is 0 Å². The van der Waals surface area contributed by atoms with E-state index in [4.69, 9.17) is 4.52 Å². The highest BCUT2D eigenvalue weighted by Gasteiger charge is 2.49. The van der Waals surface area contributed by atoms with E-state index in [1.165, 1.54) is 24.3 Å². The summed E-state index contributed by atoms with van der Waals surface area (Å²) in [6.45, 7) is 1.71. The van der Waals surface area contributed by atoms with E-state index in [0.717, 1.165) is 41.9 Å². The number of benzene rings is 1. The van der Waals surface area contributed by atoms with E-state index >= 15 is 0 Å². The monoisotopic (exact) mass is 343 g/mol. The Morgan fingerprint density at radius 3 is 2.72 bits per heavy atom. The van der Waals surface area contributed by atoms with Gasteiger partial charge in [-0.2, -0.15) is 0 Å². The Balaban J connectivity index is 1.61. The van der Waals surface area contributed by atoms with Gasteiger partial charge < -0.3 is 9.84 Å². The maximum atomic E-state index is 13.2. The van der Waals surface area contributed by atoms with Gasteiger partial charge in [0, 0.05) is 12.0 Å². The summed E-state index contributed by atoms with van der Waals surface area (Å²) in [5, 5.41) is 6.78. The number of hydrogen-bond donors (Lipinski definition) is 1. The van der Waals surface area contributed by atoms with Crippen molar-refractivity contribution in [1.82, 2.24) is 15.4 Å². The van der Waals surface area contributed by atoms with E-state index in [9.17, 15) is 14.0 Å². The van der Waals surface area contributed by atoms with Gasteiger partial charge in [0.15, 0.2) is 0 Å². The van der Waals surface area contributed by atoms with Crippen LogP contribution in [0.1, 0.15) is 42.3 Å². The van der Waals surface area contributed by atoms with E-state index < -0.39 is 17.4 Å². The largest absolute Gasteiger partial charge is 0.361 e. The molecule has 0 radical (unpaired) electrons. The molecule has 1 aliphatic carbocycles. The van der Waals surface area contributed by atoms with Crippen LogP contribution in [0.5, 0.6) is 0 Å². The number of carbonyl (C=O) groups excluding carboxylic acids is 2. The van der Waals surface area contributed by atoms with Crippen molar-refractivity contribution in [3.63, 3.8) is 0 Å². The SMILES string of the molecule is C[C@@]1(c2ccc(F)cc2)NC(=O)N(Cc2noc3c2CCCC3)C1=O. The van der Waals surface area contributed by atoms with Gasteiger partial charge in [-0.15, -0.1) is 0 Å². The Hall–Kier alpha value is -2.70. The molecule has 0 spiro atoms. The number of halogens is 1. The van der Waals surface area contributed by atoms with Gasteiger partial charge in [0.2, 0.25) is 0 Å². The summed E-state index contributed by atoms with van der Waals surface area (Å²) in [5.74, 6) is 0.0847. The molecule has 4 rings (SSSR count). The maximum absolute atomic E-state index is 13.2. The van der Waals surface area contributed by atoms with Crippen molar-refractivity contribution in [2.75, 3.05) is 0 Å². The van der Waals surface area contributed by atoms with Crippen LogP contribution in [0.4, 0.5) is 9.18 Å². The molecule has 0 bridgehead atoms. The fraction of sp³-hybridized carbons (Fsp3) is 0.389. The Morgan fingerprint density at radius 1 is 1.24 bits per heavy atom. The van der Waals surface area contributed by atoms with Gasteiger partial charge >= 0.3 is 6.03 Å². The molecule has 6 nitrogen and oxygen atoms in total. The van der Waals surface area contributed by atoms with E-state index in [0.29, 0.717) is 11.3 Å². The minimum atomic E-state index is -1.21. The average Bonchev–Trinajstić information content (AvgIpc) is 3.11. The third kappa shape index (κ3) is 2.50. The highest BCUT2D eigenvalue weighted by atomic mass is 19.1. The molecule has 3 amide bonds. The molecule has 2 heterocycles. The Morgan fingerprint density at radius 2 is 1.96 bits per heavy atom. The summed E-state index contributed by atoms with van der Waals surface area (Å²) >= 11 is 0. The molecule has 1 aromatic heterocycles. The molecule has 2 aliphatic rings. The maximum Gasteiger partial charge on any atom is 0.325 e. The molecule has 1 aromatic carbocycles. The first-order chi connectivity index (χ1) is 12.0. The minimum absolute atomic E-state index is 0.0836. The van der Waals surface area contributed by atoms with Gasteiger partial charge in [0.05, 0.1) is 6.54 Å². The number of nitrogens with zero attached hydrogens (tertiary/aromatic N) is 2. The van der Waals surface area contributed by atoms with Crippen molar-refractivity contribution in [2.24, 2.45) is 0 Å². The number of fused-ring (bicyclic) bond motifs is 1. The fourth-order valence-corrected chi connectivity index (χ4v) is 3.54. The molecule has 0 saturated carbocycles. The van der Waals surface area contributed by atoms with Gasteiger partial charge in [0.25, 0.3) is 5.91 Å². The van der Waals surface area contributed by atoms with Gasteiger partial charge in [-0.3, -0.25) is 9.69 Å². The van der Waals surface area contributed by atoms with E-state index in [1.54, 1.807) is 6.92 Å². The van der Waals surface area contributed by atoms with Crippen LogP contribution in [0.3, 0.4) is 0 Å². The van der Waals surface area contributed by atoms with Crippen molar-refractivity contribution < 1.29 is 18.5 Å². The number of aryl methyl sites for hydroxylation is 1. The first-order valence-corrected chi connectivity index (χ1v) is 8.35. The number of aromatic nitrogens is 1. The van der Waals surface area contributed by atoms with Gasteiger partial charge in [-0.25, -0.2) is 9.18 Å². The van der Waals surface area contributed by atoms with E-state index in [1.807, 2.05) is 0 Å². The minimum Gasteiger partial charge on any atom is -0.361 e. The quantitative estimate of drug-likeness (QED) is 0.870. The number of imide groups is 1. The number of rotatable bonds is 3. The number of amides is 3. The predicted molar refractivity (Wildman–Crippen MR) is 86.0 cm³/mol. The van der Waals surface area contributed by atoms with Crippen LogP contribution in [-0.4, -0.2) is 22.0 Å². The highest BCUT2D eigenvalue weighted by molar-refractivity contribution is 6.07. The summed E-state index contributed by atoms with van der Waals surface area (Å²) in [5.41, 5.74) is 0.981. The second-order valence-corrected chi connectivity index (χ2v) is 6.69. The number of hydrogen-bond acceptors (Lipinski definition) is 4. The fourth-order valence-electron chi connectivity index (χ4n) is 3.54. The first kappa shape index (κ1) is 15.8. The lowest BCUT2D eigenvalue weighted by atomic mass is 9.92. The van der Waals surface area contributed by atoms with Crippen LogP contribution in [-0.2, 0) is 29.7 Å². The molecule has 1 aliphatic heterocycles. The predicted octanol–water partition coefficient (Wildman–Crippen LogP) is 2.66. The van der Waals surface area contributed by atoms with Crippen molar-refractivity contribution in [3.05, 3.63) is 52.7 Å². The number of carbonyl (C=O) groups is 2. The summed E-state index contributed by atoms with van der Waals surface area (Å²) < 4.78 is 18.5. The molecule has 7 heteroatoms. The summed E-state index contributed by atoms with van der Waals surface area (Å²) in [4.78, 5) is 26.5. The Kier molecular flexibility index (Phi) is 3.59. The molecule has 25 heavy (non-hydrogen) atoms.